The van der Waals surface area contributed by atoms with Crippen LogP contribution in [0.25, 0.3) is 11.0 Å². The van der Waals surface area contributed by atoms with E-state index in [9.17, 15) is 9.59 Å². The number of carbonyl (C=O) groups is 1. The van der Waals surface area contributed by atoms with Gasteiger partial charge in [-0.25, -0.2) is 4.98 Å². The summed E-state index contributed by atoms with van der Waals surface area (Å²) >= 11 is 0. The van der Waals surface area contributed by atoms with Crippen molar-refractivity contribution in [1.29, 1.82) is 0 Å². The Kier molecular flexibility index (Phi) is 5.99. The number of amides is 1. The molecule has 0 unspecified atom stereocenters. The molecule has 1 aliphatic heterocycles. The summed E-state index contributed by atoms with van der Waals surface area (Å²) in [5.41, 5.74) is 3.41. The Hall–Kier alpha value is -2.15. The second-order valence-corrected chi connectivity index (χ2v) is 7.57. The zero-order valence-corrected chi connectivity index (χ0v) is 16.9. The predicted molar refractivity (Wildman–Crippen MR) is 107 cm³/mol. The number of aryl methyl sites for hydroxylation is 3. The summed E-state index contributed by atoms with van der Waals surface area (Å²) in [4.78, 5) is 31.9. The van der Waals surface area contributed by atoms with Crippen molar-refractivity contribution in [1.82, 2.24) is 25.0 Å². The van der Waals surface area contributed by atoms with E-state index in [1.807, 2.05) is 13.8 Å². The number of aromatic amines is 1. The van der Waals surface area contributed by atoms with Gasteiger partial charge in [0.25, 0.3) is 5.56 Å². The standard InChI is InChI=1S/C20H31N5O2/c1-5-12-25(15-8-10-21-11-9-15)17(26)7-6-16-13(2)18-19(22-14(16)3)24(4)23-20(18)27/h15,21H,5-12H2,1-4H3,(H,23,27). The van der Waals surface area contributed by atoms with Crippen LogP contribution < -0.4 is 10.9 Å². The van der Waals surface area contributed by atoms with E-state index in [0.717, 1.165) is 55.7 Å². The molecule has 0 saturated carbocycles. The van der Waals surface area contributed by atoms with Crippen LogP contribution in [0.15, 0.2) is 4.79 Å². The molecule has 1 saturated heterocycles. The first kappa shape index (κ1) is 19.6. The molecular weight excluding hydrogens is 342 g/mol. The van der Waals surface area contributed by atoms with Gasteiger partial charge in [-0.3, -0.25) is 19.4 Å². The molecule has 1 amide bonds. The van der Waals surface area contributed by atoms with Crippen molar-refractivity contribution < 1.29 is 4.79 Å². The molecule has 0 aromatic carbocycles. The van der Waals surface area contributed by atoms with E-state index in [2.05, 4.69) is 27.2 Å². The number of hydrogen-bond acceptors (Lipinski definition) is 4. The van der Waals surface area contributed by atoms with Crippen LogP contribution in [0.2, 0.25) is 0 Å². The lowest BCUT2D eigenvalue weighted by atomic mass is 9.99. The summed E-state index contributed by atoms with van der Waals surface area (Å²) in [5.74, 6) is 0.213. The van der Waals surface area contributed by atoms with Gasteiger partial charge in [-0.2, -0.15) is 0 Å². The molecule has 3 rings (SSSR count). The maximum absolute atomic E-state index is 13.0. The molecule has 2 aromatic heterocycles. The number of carbonyl (C=O) groups excluding carboxylic acids is 1. The molecule has 0 aliphatic carbocycles. The summed E-state index contributed by atoms with van der Waals surface area (Å²) in [6.45, 7) is 8.82. The first-order valence-corrected chi connectivity index (χ1v) is 9.99. The molecule has 3 heterocycles. The second-order valence-electron chi connectivity index (χ2n) is 7.57. The van der Waals surface area contributed by atoms with Crippen LogP contribution in [-0.4, -0.2) is 51.2 Å². The highest BCUT2D eigenvalue weighted by Gasteiger charge is 2.25. The number of fused-ring (bicyclic) bond motifs is 1. The van der Waals surface area contributed by atoms with Crippen molar-refractivity contribution >= 4 is 16.9 Å². The number of rotatable bonds is 6. The van der Waals surface area contributed by atoms with Gasteiger partial charge in [-0.15, -0.1) is 0 Å². The minimum absolute atomic E-state index is 0.118. The van der Waals surface area contributed by atoms with E-state index in [1.54, 1.807) is 11.7 Å². The molecule has 7 nitrogen and oxygen atoms in total. The van der Waals surface area contributed by atoms with Crippen molar-refractivity contribution in [3.8, 4) is 0 Å². The minimum Gasteiger partial charge on any atom is -0.340 e. The van der Waals surface area contributed by atoms with Crippen molar-refractivity contribution in [2.45, 2.75) is 58.9 Å². The molecule has 0 spiro atoms. The Bertz CT molecular complexity index is 877. The monoisotopic (exact) mass is 373 g/mol. The zero-order chi connectivity index (χ0) is 19.6. The van der Waals surface area contributed by atoms with Gasteiger partial charge in [-0.1, -0.05) is 6.92 Å². The smallest absolute Gasteiger partial charge is 0.273 e. The average Bonchev–Trinajstić information content (AvgIpc) is 2.93. The Balaban J connectivity index is 1.79. The van der Waals surface area contributed by atoms with Gasteiger partial charge in [0.15, 0.2) is 5.65 Å². The quantitative estimate of drug-likeness (QED) is 0.809. The van der Waals surface area contributed by atoms with E-state index >= 15 is 0 Å². The van der Waals surface area contributed by atoms with Gasteiger partial charge >= 0.3 is 0 Å². The molecule has 0 radical (unpaired) electrons. The van der Waals surface area contributed by atoms with Crippen LogP contribution in [-0.2, 0) is 18.3 Å². The van der Waals surface area contributed by atoms with Gasteiger partial charge < -0.3 is 10.2 Å². The van der Waals surface area contributed by atoms with Gasteiger partial charge in [0, 0.05) is 31.7 Å². The van der Waals surface area contributed by atoms with Gasteiger partial charge in [0.2, 0.25) is 5.91 Å². The van der Waals surface area contributed by atoms with Crippen LogP contribution in [0.3, 0.4) is 0 Å². The summed E-state index contributed by atoms with van der Waals surface area (Å²) in [6, 6.07) is 0.346. The number of nitrogens with one attached hydrogen (secondary N) is 2. The van der Waals surface area contributed by atoms with E-state index in [-0.39, 0.29) is 11.5 Å². The molecule has 1 fully saturated rings. The molecular formula is C20H31N5O2. The lowest BCUT2D eigenvalue weighted by Crippen LogP contribution is -2.46. The SMILES string of the molecule is CCCN(C(=O)CCc1c(C)nc2c(c1C)c(=O)[nH]n2C)C1CCNCC1. The number of hydrogen-bond donors (Lipinski definition) is 2. The zero-order valence-electron chi connectivity index (χ0n) is 16.9. The average molecular weight is 374 g/mol. The molecule has 2 aromatic rings. The van der Waals surface area contributed by atoms with Crippen LogP contribution in [0.5, 0.6) is 0 Å². The van der Waals surface area contributed by atoms with Gasteiger partial charge in [0.05, 0.1) is 5.39 Å². The van der Waals surface area contributed by atoms with Crippen molar-refractivity contribution in [2.24, 2.45) is 7.05 Å². The van der Waals surface area contributed by atoms with E-state index in [4.69, 9.17) is 0 Å². The molecule has 148 valence electrons. The summed E-state index contributed by atoms with van der Waals surface area (Å²) < 4.78 is 1.66. The number of pyridine rings is 1. The van der Waals surface area contributed by atoms with Crippen molar-refractivity contribution in [3.63, 3.8) is 0 Å². The third kappa shape index (κ3) is 3.93. The Morgan fingerprint density at radius 2 is 2.00 bits per heavy atom. The lowest BCUT2D eigenvalue weighted by molar-refractivity contribution is -0.134. The third-order valence-electron chi connectivity index (χ3n) is 5.70. The minimum atomic E-state index is -0.118. The fourth-order valence-electron chi connectivity index (χ4n) is 4.26. The highest BCUT2D eigenvalue weighted by Crippen LogP contribution is 2.22. The van der Waals surface area contributed by atoms with Crippen LogP contribution >= 0.6 is 0 Å². The number of aromatic nitrogens is 3. The molecule has 2 N–H and O–H groups in total. The fraction of sp³-hybridized carbons (Fsp3) is 0.650. The number of nitrogens with zero attached hydrogens (tertiary/aromatic N) is 3. The topological polar surface area (TPSA) is 83.0 Å². The largest absolute Gasteiger partial charge is 0.340 e. The Morgan fingerprint density at radius 1 is 1.30 bits per heavy atom. The van der Waals surface area contributed by atoms with Crippen LogP contribution in [0.4, 0.5) is 0 Å². The second kappa shape index (κ2) is 8.25. The summed E-state index contributed by atoms with van der Waals surface area (Å²) in [7, 11) is 1.79. The van der Waals surface area contributed by atoms with Gasteiger partial charge in [0.1, 0.15) is 0 Å². The Labute approximate surface area is 160 Å². The molecule has 7 heteroatoms. The molecule has 1 aliphatic rings. The number of piperidine rings is 1. The maximum atomic E-state index is 13.0. The summed E-state index contributed by atoms with van der Waals surface area (Å²) in [6.07, 6.45) is 4.11. The Morgan fingerprint density at radius 3 is 2.67 bits per heavy atom. The lowest BCUT2D eigenvalue weighted by Gasteiger charge is -2.34. The normalized spacial score (nSPS) is 15.4. The third-order valence-corrected chi connectivity index (χ3v) is 5.70. The summed E-state index contributed by atoms with van der Waals surface area (Å²) in [5, 5.41) is 6.77. The first-order valence-electron chi connectivity index (χ1n) is 9.99. The molecule has 0 bridgehead atoms. The predicted octanol–water partition coefficient (Wildman–Crippen LogP) is 1.80. The molecule has 27 heavy (non-hydrogen) atoms. The van der Waals surface area contributed by atoms with Gasteiger partial charge in [-0.05, 0) is 63.7 Å². The maximum Gasteiger partial charge on any atom is 0.273 e. The number of H-pyrrole nitrogens is 1. The van der Waals surface area contributed by atoms with E-state index in [1.165, 1.54) is 0 Å². The first-order chi connectivity index (χ1) is 12.9. The highest BCUT2D eigenvalue weighted by molar-refractivity contribution is 5.81. The van der Waals surface area contributed by atoms with Crippen molar-refractivity contribution in [2.75, 3.05) is 19.6 Å². The molecule has 0 atom stereocenters. The van der Waals surface area contributed by atoms with Crippen molar-refractivity contribution in [3.05, 3.63) is 27.2 Å². The fourth-order valence-corrected chi connectivity index (χ4v) is 4.26. The van der Waals surface area contributed by atoms with E-state index in [0.29, 0.717) is 29.9 Å². The van der Waals surface area contributed by atoms with Crippen LogP contribution in [0.1, 0.15) is 49.4 Å². The van der Waals surface area contributed by atoms with E-state index < -0.39 is 0 Å². The van der Waals surface area contributed by atoms with Crippen LogP contribution in [0, 0.1) is 13.8 Å². The highest BCUT2D eigenvalue weighted by atomic mass is 16.2.